The lowest BCUT2D eigenvalue weighted by Gasteiger charge is -2.01. The highest BCUT2D eigenvalue weighted by atomic mass is 32.2. The molecule has 0 aromatic carbocycles. The average molecular weight is 346 g/mol. The summed E-state index contributed by atoms with van der Waals surface area (Å²) in [6.45, 7) is 23.1. The topological polar surface area (TPSA) is 46.2 Å². The van der Waals surface area contributed by atoms with Gasteiger partial charge in [0.1, 0.15) is 0 Å². The van der Waals surface area contributed by atoms with Crippen LogP contribution in [0.3, 0.4) is 0 Å². The van der Waals surface area contributed by atoms with Gasteiger partial charge < -0.3 is 0 Å². The van der Waals surface area contributed by atoms with E-state index in [9.17, 15) is 8.42 Å². The maximum atomic E-state index is 10.8. The molecule has 0 rings (SSSR count). The molecule has 0 unspecified atom stereocenters. The third-order valence-corrected chi connectivity index (χ3v) is 1.99. The van der Waals surface area contributed by atoms with Gasteiger partial charge in [0.2, 0.25) is 10.0 Å². The van der Waals surface area contributed by atoms with Gasteiger partial charge in [0.15, 0.2) is 0 Å². The Morgan fingerprint density at radius 2 is 1.35 bits per heavy atom. The Bertz CT molecular complexity index is 447. The molecule has 0 aromatic rings. The summed E-state index contributed by atoms with van der Waals surface area (Å²) in [7, 11) is -3.25. The summed E-state index contributed by atoms with van der Waals surface area (Å²) in [5.74, 6) is 5.61. The van der Waals surface area contributed by atoms with E-state index in [0.717, 1.165) is 11.8 Å². The van der Waals surface area contributed by atoms with Crippen LogP contribution in [0.2, 0.25) is 0 Å². The SMILES string of the molecule is C=C(/C=C\C(C#CC)=C/C)NS(C)(=O)=O.CC.CC.CC.CC. The minimum absolute atomic E-state index is 0.315. The number of nitrogens with one attached hydrogen (secondary N) is 1. The van der Waals surface area contributed by atoms with E-state index in [1.165, 1.54) is 0 Å². The molecule has 0 aliphatic rings. The Morgan fingerprint density at radius 1 is 0.957 bits per heavy atom. The van der Waals surface area contributed by atoms with Gasteiger partial charge >= 0.3 is 0 Å². The van der Waals surface area contributed by atoms with Gasteiger partial charge in [-0.15, -0.1) is 5.92 Å². The van der Waals surface area contributed by atoms with Crippen molar-refractivity contribution in [1.29, 1.82) is 0 Å². The van der Waals surface area contributed by atoms with E-state index in [1.54, 1.807) is 19.1 Å². The summed E-state index contributed by atoms with van der Waals surface area (Å²) >= 11 is 0. The molecule has 1 N–H and O–H groups in total. The van der Waals surface area contributed by atoms with Crippen LogP contribution in [0.25, 0.3) is 0 Å². The Labute approximate surface area is 147 Å². The third kappa shape index (κ3) is 38.5. The summed E-state index contributed by atoms with van der Waals surface area (Å²) in [4.78, 5) is 0. The summed E-state index contributed by atoms with van der Waals surface area (Å²) < 4.78 is 23.9. The monoisotopic (exact) mass is 345 g/mol. The zero-order valence-corrected chi connectivity index (χ0v) is 18.0. The predicted molar refractivity (Wildman–Crippen MR) is 109 cm³/mol. The van der Waals surface area contributed by atoms with Crippen LogP contribution in [-0.4, -0.2) is 14.7 Å². The summed E-state index contributed by atoms with van der Waals surface area (Å²) in [6.07, 6.45) is 6.19. The van der Waals surface area contributed by atoms with E-state index in [0.29, 0.717) is 5.70 Å². The quantitative estimate of drug-likeness (QED) is 0.526. The van der Waals surface area contributed by atoms with Crippen molar-refractivity contribution in [3.8, 4) is 11.8 Å². The highest BCUT2D eigenvalue weighted by molar-refractivity contribution is 7.88. The molecule has 0 bridgehead atoms. The zero-order valence-electron chi connectivity index (χ0n) is 17.2. The number of rotatable bonds is 4. The molecule has 0 aliphatic carbocycles. The molecule has 4 heteroatoms. The molecule has 0 radical (unpaired) electrons. The third-order valence-electron chi connectivity index (χ3n) is 1.36. The normalized spacial score (nSPS) is 8.91. The van der Waals surface area contributed by atoms with Gasteiger partial charge in [-0.3, -0.25) is 4.72 Å². The Kier molecular flexibility index (Phi) is 41.4. The lowest BCUT2D eigenvalue weighted by atomic mass is 10.2. The summed E-state index contributed by atoms with van der Waals surface area (Å²) in [5, 5.41) is 0. The minimum Gasteiger partial charge on any atom is -0.284 e. The van der Waals surface area contributed by atoms with Crippen LogP contribution in [0.5, 0.6) is 0 Å². The van der Waals surface area contributed by atoms with Crippen molar-refractivity contribution in [2.45, 2.75) is 69.2 Å². The minimum atomic E-state index is -3.25. The molecular weight excluding hydrogens is 306 g/mol. The molecule has 0 saturated heterocycles. The van der Waals surface area contributed by atoms with Crippen molar-refractivity contribution in [3.05, 3.63) is 36.1 Å². The van der Waals surface area contributed by atoms with Crippen LogP contribution in [0.1, 0.15) is 69.2 Å². The Morgan fingerprint density at radius 3 is 1.61 bits per heavy atom. The Balaban J connectivity index is -0.000000116. The van der Waals surface area contributed by atoms with Gasteiger partial charge in [0.05, 0.1) is 6.26 Å². The molecule has 0 amide bonds. The average Bonchev–Trinajstić information content (AvgIpc) is 2.57. The van der Waals surface area contributed by atoms with Gasteiger partial charge in [-0.05, 0) is 26.0 Å². The van der Waals surface area contributed by atoms with Gasteiger partial charge in [-0.1, -0.05) is 74.0 Å². The number of allylic oxidation sites excluding steroid dienone is 4. The van der Waals surface area contributed by atoms with Gasteiger partial charge in [0, 0.05) is 11.3 Å². The van der Waals surface area contributed by atoms with Crippen LogP contribution in [0.4, 0.5) is 0 Å². The maximum absolute atomic E-state index is 10.8. The van der Waals surface area contributed by atoms with Crippen LogP contribution in [-0.2, 0) is 10.0 Å². The predicted octanol–water partition coefficient (Wildman–Crippen LogP) is 5.68. The van der Waals surface area contributed by atoms with E-state index in [-0.39, 0.29) is 0 Å². The molecule has 138 valence electrons. The molecule has 0 fully saturated rings. The largest absolute Gasteiger partial charge is 0.284 e. The van der Waals surface area contributed by atoms with Crippen LogP contribution in [0.15, 0.2) is 36.1 Å². The molecule has 0 spiro atoms. The van der Waals surface area contributed by atoms with E-state index in [4.69, 9.17) is 0 Å². The summed E-state index contributed by atoms with van der Waals surface area (Å²) in [6, 6.07) is 0. The van der Waals surface area contributed by atoms with Crippen molar-refractivity contribution >= 4 is 10.0 Å². The second-order valence-electron chi connectivity index (χ2n) is 2.85. The molecule has 3 nitrogen and oxygen atoms in total. The first-order valence-corrected chi connectivity index (χ1v) is 10.2. The highest BCUT2D eigenvalue weighted by Crippen LogP contribution is 1.98. The standard InChI is InChI=1S/C11H15NO2S.4C2H6/c1-5-7-11(6-2)9-8-10(3)12-15(4,13)14;4*1-2/h6,8-9,12H,3H2,1-2,4H3;4*1-2H3/b9-8-,11-6-;;;;. The van der Waals surface area contributed by atoms with Crippen LogP contribution >= 0.6 is 0 Å². The first-order chi connectivity index (χ1) is 10.9. The number of sulfonamides is 1. The Hall–Kier alpha value is -1.47. The maximum Gasteiger partial charge on any atom is 0.229 e. The highest BCUT2D eigenvalue weighted by Gasteiger charge is 1.98. The second kappa shape index (κ2) is 28.7. The van der Waals surface area contributed by atoms with Gasteiger partial charge in [-0.25, -0.2) is 8.42 Å². The lowest BCUT2D eigenvalue weighted by molar-refractivity contribution is 0.595. The van der Waals surface area contributed by atoms with Crippen molar-refractivity contribution in [1.82, 2.24) is 4.72 Å². The fourth-order valence-corrected chi connectivity index (χ4v) is 1.36. The van der Waals surface area contributed by atoms with Gasteiger partial charge in [0.25, 0.3) is 0 Å². The van der Waals surface area contributed by atoms with Crippen molar-refractivity contribution in [2.75, 3.05) is 6.26 Å². The lowest BCUT2D eigenvalue weighted by Crippen LogP contribution is -2.19. The zero-order chi connectivity index (χ0) is 19.9. The number of hydrogen-bond acceptors (Lipinski definition) is 2. The first kappa shape index (κ1) is 33.2. The van der Waals surface area contributed by atoms with Gasteiger partial charge in [-0.2, -0.15) is 0 Å². The van der Waals surface area contributed by atoms with E-state index < -0.39 is 10.0 Å². The number of hydrogen-bond donors (Lipinski definition) is 1. The molecule has 0 aromatic heterocycles. The molecule has 0 heterocycles. The van der Waals surface area contributed by atoms with Crippen LogP contribution in [0, 0.1) is 11.8 Å². The molecule has 23 heavy (non-hydrogen) atoms. The molecular formula is C19H39NO2S. The first-order valence-electron chi connectivity index (χ1n) is 8.33. The van der Waals surface area contributed by atoms with Crippen molar-refractivity contribution < 1.29 is 8.42 Å². The smallest absolute Gasteiger partial charge is 0.229 e. The van der Waals surface area contributed by atoms with E-state index in [1.807, 2.05) is 68.4 Å². The van der Waals surface area contributed by atoms with E-state index in [2.05, 4.69) is 23.1 Å². The molecule has 0 saturated carbocycles. The fraction of sp³-hybridized carbons (Fsp3) is 0.579. The fourth-order valence-electron chi connectivity index (χ4n) is 0.817. The molecule has 0 aliphatic heterocycles. The second-order valence-corrected chi connectivity index (χ2v) is 4.60. The van der Waals surface area contributed by atoms with Crippen molar-refractivity contribution in [2.24, 2.45) is 0 Å². The summed E-state index contributed by atoms with van der Waals surface area (Å²) in [5.41, 5.74) is 1.13. The molecule has 0 atom stereocenters. The van der Waals surface area contributed by atoms with E-state index >= 15 is 0 Å². The van der Waals surface area contributed by atoms with Crippen molar-refractivity contribution in [3.63, 3.8) is 0 Å². The van der Waals surface area contributed by atoms with Crippen LogP contribution < -0.4 is 4.72 Å².